The van der Waals surface area contributed by atoms with Gasteiger partial charge in [-0.05, 0) is 25.7 Å². The lowest BCUT2D eigenvalue weighted by molar-refractivity contribution is -0.191. The van der Waals surface area contributed by atoms with Crippen molar-refractivity contribution in [3.05, 3.63) is 30.2 Å². The average Bonchev–Trinajstić information content (AvgIpc) is 2.61. The maximum atomic E-state index is 12.5. The van der Waals surface area contributed by atoms with Crippen LogP contribution >= 0.6 is 0 Å². The lowest BCUT2D eigenvalue weighted by atomic mass is 9.83. The summed E-state index contributed by atoms with van der Waals surface area (Å²) in [5.41, 5.74) is 0.745. The molecule has 2 aliphatic heterocycles. The van der Waals surface area contributed by atoms with Gasteiger partial charge in [0.05, 0.1) is 25.9 Å². The standard InChI is InChI=1S/C18H23N3O3/c22-17(14-4-2-1-3-5-14)21-12-18(13-21)10-15(6-9-23-18)24-16-11-19-7-8-20-16/h4,7-8,11,15H,1-3,5-6,9-10,12-13H2. The second kappa shape index (κ2) is 6.51. The number of rotatable bonds is 3. The number of ether oxygens (including phenoxy) is 2. The van der Waals surface area contributed by atoms with Gasteiger partial charge < -0.3 is 14.4 Å². The molecule has 1 atom stereocenters. The molecule has 24 heavy (non-hydrogen) atoms. The van der Waals surface area contributed by atoms with Crippen molar-refractivity contribution in [2.75, 3.05) is 19.7 Å². The largest absolute Gasteiger partial charge is 0.473 e. The Balaban J connectivity index is 1.34. The van der Waals surface area contributed by atoms with Crippen molar-refractivity contribution in [3.8, 4) is 5.88 Å². The van der Waals surface area contributed by atoms with E-state index in [1.165, 1.54) is 6.42 Å². The summed E-state index contributed by atoms with van der Waals surface area (Å²) in [5.74, 6) is 0.750. The molecule has 1 spiro atoms. The fourth-order valence-electron chi connectivity index (χ4n) is 3.85. The Morgan fingerprint density at radius 3 is 3.00 bits per heavy atom. The van der Waals surface area contributed by atoms with Crippen LogP contribution in [0.4, 0.5) is 0 Å². The molecule has 2 fully saturated rings. The maximum Gasteiger partial charge on any atom is 0.249 e. The van der Waals surface area contributed by atoms with Gasteiger partial charge in [0.25, 0.3) is 0 Å². The molecule has 2 saturated heterocycles. The number of hydrogen-bond acceptors (Lipinski definition) is 5. The summed E-state index contributed by atoms with van der Waals surface area (Å²) in [4.78, 5) is 22.7. The van der Waals surface area contributed by atoms with Crippen LogP contribution < -0.4 is 4.74 Å². The summed E-state index contributed by atoms with van der Waals surface area (Å²) in [6.07, 6.45) is 13.0. The first-order chi connectivity index (χ1) is 11.7. The average molecular weight is 329 g/mol. The van der Waals surface area contributed by atoms with E-state index in [1.54, 1.807) is 18.6 Å². The number of hydrogen-bond donors (Lipinski definition) is 0. The highest BCUT2D eigenvalue weighted by Crippen LogP contribution is 2.36. The molecule has 1 aromatic rings. The summed E-state index contributed by atoms with van der Waals surface area (Å²) < 4.78 is 11.9. The molecule has 0 N–H and O–H groups in total. The maximum absolute atomic E-state index is 12.5. The SMILES string of the molecule is O=C(C1=CCCCC1)N1CC2(CC(Oc3cnccn3)CCO2)C1. The van der Waals surface area contributed by atoms with E-state index in [0.29, 0.717) is 25.6 Å². The minimum atomic E-state index is -0.240. The number of aromatic nitrogens is 2. The Morgan fingerprint density at radius 1 is 1.33 bits per heavy atom. The summed E-state index contributed by atoms with van der Waals surface area (Å²) >= 11 is 0. The fraction of sp³-hybridized carbons (Fsp3) is 0.611. The third kappa shape index (κ3) is 3.15. The minimum Gasteiger partial charge on any atom is -0.473 e. The normalized spacial score (nSPS) is 25.8. The highest BCUT2D eigenvalue weighted by atomic mass is 16.5. The quantitative estimate of drug-likeness (QED) is 0.850. The van der Waals surface area contributed by atoms with Crippen molar-refractivity contribution >= 4 is 5.91 Å². The Kier molecular flexibility index (Phi) is 4.22. The van der Waals surface area contributed by atoms with Crippen molar-refractivity contribution < 1.29 is 14.3 Å². The molecule has 6 heteroatoms. The summed E-state index contributed by atoms with van der Waals surface area (Å²) in [6.45, 7) is 2.00. The van der Waals surface area contributed by atoms with Gasteiger partial charge in [0.15, 0.2) is 0 Å². The zero-order chi connectivity index (χ0) is 16.4. The van der Waals surface area contributed by atoms with E-state index in [4.69, 9.17) is 9.47 Å². The molecular weight excluding hydrogens is 306 g/mol. The van der Waals surface area contributed by atoms with Gasteiger partial charge in [-0.15, -0.1) is 0 Å². The molecule has 1 amide bonds. The van der Waals surface area contributed by atoms with Gasteiger partial charge >= 0.3 is 0 Å². The molecule has 3 aliphatic rings. The van der Waals surface area contributed by atoms with E-state index >= 15 is 0 Å². The molecule has 0 aromatic carbocycles. The second-order valence-corrected chi connectivity index (χ2v) is 6.94. The van der Waals surface area contributed by atoms with E-state index in [0.717, 1.165) is 37.7 Å². The third-order valence-electron chi connectivity index (χ3n) is 5.09. The first kappa shape index (κ1) is 15.6. The smallest absolute Gasteiger partial charge is 0.249 e. The van der Waals surface area contributed by atoms with Crippen LogP contribution in [0.25, 0.3) is 0 Å². The predicted octanol–water partition coefficient (Wildman–Crippen LogP) is 2.12. The Labute approximate surface area is 141 Å². The van der Waals surface area contributed by atoms with Crippen LogP contribution in [0.3, 0.4) is 0 Å². The Bertz CT molecular complexity index is 626. The summed E-state index contributed by atoms with van der Waals surface area (Å²) in [5, 5.41) is 0. The van der Waals surface area contributed by atoms with Crippen molar-refractivity contribution in [1.82, 2.24) is 14.9 Å². The number of allylic oxidation sites excluding steroid dienone is 1. The third-order valence-corrected chi connectivity index (χ3v) is 5.09. The van der Waals surface area contributed by atoms with Gasteiger partial charge in [-0.25, -0.2) is 4.98 Å². The van der Waals surface area contributed by atoms with E-state index in [2.05, 4.69) is 16.0 Å². The monoisotopic (exact) mass is 329 g/mol. The first-order valence-electron chi connectivity index (χ1n) is 8.79. The van der Waals surface area contributed by atoms with Gasteiger partial charge in [-0.1, -0.05) is 6.08 Å². The van der Waals surface area contributed by atoms with Crippen molar-refractivity contribution in [2.24, 2.45) is 0 Å². The van der Waals surface area contributed by atoms with Crippen molar-refractivity contribution in [3.63, 3.8) is 0 Å². The van der Waals surface area contributed by atoms with Crippen LogP contribution in [-0.2, 0) is 9.53 Å². The number of carbonyl (C=O) groups excluding carboxylic acids is 1. The van der Waals surface area contributed by atoms with E-state index in [-0.39, 0.29) is 17.6 Å². The van der Waals surface area contributed by atoms with Gasteiger partial charge in [-0.2, -0.15) is 0 Å². The van der Waals surface area contributed by atoms with Crippen LogP contribution in [0.15, 0.2) is 30.2 Å². The molecule has 0 bridgehead atoms. The second-order valence-electron chi connectivity index (χ2n) is 6.94. The molecule has 1 aromatic heterocycles. The number of amides is 1. The van der Waals surface area contributed by atoms with E-state index in [9.17, 15) is 4.79 Å². The van der Waals surface area contributed by atoms with Gasteiger partial charge in [0.2, 0.25) is 11.8 Å². The zero-order valence-electron chi connectivity index (χ0n) is 13.8. The zero-order valence-corrected chi connectivity index (χ0v) is 13.8. The molecule has 0 saturated carbocycles. The van der Waals surface area contributed by atoms with Gasteiger partial charge in [0.1, 0.15) is 11.7 Å². The lowest BCUT2D eigenvalue weighted by Gasteiger charge is -2.53. The van der Waals surface area contributed by atoms with Crippen molar-refractivity contribution in [2.45, 2.75) is 50.2 Å². The van der Waals surface area contributed by atoms with Crippen LogP contribution in [0, 0.1) is 0 Å². The molecule has 3 heterocycles. The highest BCUT2D eigenvalue weighted by Gasteiger charge is 2.50. The molecule has 4 rings (SSSR count). The van der Waals surface area contributed by atoms with Crippen molar-refractivity contribution in [1.29, 1.82) is 0 Å². The van der Waals surface area contributed by atoms with Crippen LogP contribution in [0.1, 0.15) is 38.5 Å². The topological polar surface area (TPSA) is 64.6 Å². The molecule has 1 unspecified atom stereocenters. The number of likely N-dealkylation sites (tertiary alicyclic amines) is 1. The molecular formula is C18H23N3O3. The van der Waals surface area contributed by atoms with Gasteiger partial charge in [0, 0.05) is 30.8 Å². The minimum absolute atomic E-state index is 0.0709. The van der Waals surface area contributed by atoms with Crippen LogP contribution in [0.2, 0.25) is 0 Å². The van der Waals surface area contributed by atoms with Crippen LogP contribution in [-0.4, -0.2) is 52.2 Å². The predicted molar refractivity (Wildman–Crippen MR) is 87.5 cm³/mol. The fourth-order valence-corrected chi connectivity index (χ4v) is 3.85. The van der Waals surface area contributed by atoms with Crippen LogP contribution in [0.5, 0.6) is 5.88 Å². The summed E-state index contributed by atoms with van der Waals surface area (Å²) in [7, 11) is 0. The summed E-state index contributed by atoms with van der Waals surface area (Å²) in [6, 6.07) is 0. The highest BCUT2D eigenvalue weighted by molar-refractivity contribution is 5.94. The lowest BCUT2D eigenvalue weighted by Crippen LogP contribution is -2.67. The number of carbonyl (C=O) groups is 1. The first-order valence-corrected chi connectivity index (χ1v) is 8.79. The number of nitrogens with zero attached hydrogens (tertiary/aromatic N) is 3. The van der Waals surface area contributed by atoms with E-state index in [1.807, 2.05) is 4.90 Å². The molecule has 6 nitrogen and oxygen atoms in total. The van der Waals surface area contributed by atoms with E-state index < -0.39 is 0 Å². The van der Waals surface area contributed by atoms with Gasteiger partial charge in [-0.3, -0.25) is 9.78 Å². The molecule has 1 aliphatic carbocycles. The Morgan fingerprint density at radius 2 is 2.25 bits per heavy atom. The molecule has 0 radical (unpaired) electrons. The Hall–Kier alpha value is -1.95. The molecule has 128 valence electrons.